The fourth-order valence-corrected chi connectivity index (χ4v) is 5.16. The molecule has 37 heavy (non-hydrogen) atoms. The highest BCUT2D eigenvalue weighted by Crippen LogP contribution is 2.39. The molecule has 0 saturated carbocycles. The smallest absolute Gasteiger partial charge is 0.331 e. The minimum absolute atomic E-state index is 0.125. The van der Waals surface area contributed by atoms with Gasteiger partial charge in [-0.25, -0.2) is 9.78 Å². The van der Waals surface area contributed by atoms with Crippen LogP contribution in [0.15, 0.2) is 65.8 Å². The van der Waals surface area contributed by atoms with Crippen LogP contribution in [-0.2, 0) is 11.3 Å². The van der Waals surface area contributed by atoms with Gasteiger partial charge in [-0.15, -0.1) is 0 Å². The Kier molecular flexibility index (Phi) is 6.13. The average molecular weight is 500 g/mol. The quantitative estimate of drug-likeness (QED) is 0.512. The van der Waals surface area contributed by atoms with E-state index < -0.39 is 0 Å². The van der Waals surface area contributed by atoms with Crippen LogP contribution in [0.25, 0.3) is 0 Å². The predicted octanol–water partition coefficient (Wildman–Crippen LogP) is 3.88. The third-order valence-corrected chi connectivity index (χ3v) is 7.06. The van der Waals surface area contributed by atoms with E-state index in [-0.39, 0.29) is 12.1 Å². The summed E-state index contributed by atoms with van der Waals surface area (Å²) in [6, 6.07) is 17.5. The highest BCUT2D eigenvalue weighted by Gasteiger charge is 2.44. The number of morpholine rings is 1. The Labute approximate surface area is 215 Å². The van der Waals surface area contributed by atoms with Gasteiger partial charge in [0.2, 0.25) is 0 Å². The Balaban J connectivity index is 1.43. The van der Waals surface area contributed by atoms with Crippen molar-refractivity contribution in [2.75, 3.05) is 56.9 Å². The van der Waals surface area contributed by atoms with Crippen molar-refractivity contribution in [2.45, 2.75) is 12.6 Å². The summed E-state index contributed by atoms with van der Waals surface area (Å²) in [4.78, 5) is 29.7. The molecule has 2 aromatic carbocycles. The predicted molar refractivity (Wildman–Crippen MR) is 141 cm³/mol. The number of hydrogen-bond donors (Lipinski definition) is 0. The first-order chi connectivity index (χ1) is 18.2. The number of nitrogens with zero attached hydrogens (tertiary/aromatic N) is 5. The second-order valence-electron chi connectivity index (χ2n) is 9.21. The summed E-state index contributed by atoms with van der Waals surface area (Å²) in [6.45, 7) is 3.73. The normalized spacial score (nSPS) is 18.9. The fourth-order valence-electron chi connectivity index (χ4n) is 5.16. The molecule has 1 aromatic heterocycles. The molecule has 1 saturated heterocycles. The summed E-state index contributed by atoms with van der Waals surface area (Å²) < 4.78 is 16.5. The summed E-state index contributed by atoms with van der Waals surface area (Å²) in [5, 5.41) is 0. The minimum Gasteiger partial charge on any atom is -0.497 e. The van der Waals surface area contributed by atoms with Gasteiger partial charge in [-0.05, 0) is 29.3 Å². The molecule has 6 rings (SSSR count). The maximum absolute atomic E-state index is 14.2. The van der Waals surface area contributed by atoms with Gasteiger partial charge in [0.05, 0.1) is 64.1 Å². The number of amides is 2. The molecule has 0 radical (unpaired) electrons. The van der Waals surface area contributed by atoms with Gasteiger partial charge >= 0.3 is 6.03 Å². The number of benzene rings is 2. The molecule has 1 atom stereocenters. The van der Waals surface area contributed by atoms with Crippen LogP contribution in [-0.4, -0.2) is 68.8 Å². The zero-order valence-electron chi connectivity index (χ0n) is 21.0. The van der Waals surface area contributed by atoms with Gasteiger partial charge in [0, 0.05) is 19.2 Å². The molecule has 3 aliphatic rings. The molecule has 0 aliphatic carbocycles. The number of ether oxygens (including phenoxy) is 3. The van der Waals surface area contributed by atoms with Crippen molar-refractivity contribution in [1.29, 1.82) is 0 Å². The van der Waals surface area contributed by atoms with Crippen molar-refractivity contribution in [3.05, 3.63) is 77.6 Å². The zero-order chi connectivity index (χ0) is 25.4. The Morgan fingerprint density at radius 1 is 1.00 bits per heavy atom. The number of anilines is 2. The summed E-state index contributed by atoms with van der Waals surface area (Å²) in [5.74, 6) is 1.97. The molecule has 9 heteroatoms. The maximum atomic E-state index is 14.2. The third kappa shape index (κ3) is 4.25. The van der Waals surface area contributed by atoms with Crippen LogP contribution < -0.4 is 19.3 Å². The first-order valence-corrected chi connectivity index (χ1v) is 12.4. The van der Waals surface area contributed by atoms with Crippen LogP contribution in [0.4, 0.5) is 16.2 Å². The van der Waals surface area contributed by atoms with E-state index in [1.165, 1.54) is 0 Å². The van der Waals surface area contributed by atoms with Gasteiger partial charge in [-0.2, -0.15) is 0 Å². The molecule has 0 bridgehead atoms. The summed E-state index contributed by atoms with van der Waals surface area (Å²) >= 11 is 0. The maximum Gasteiger partial charge on any atom is 0.331 e. The fraction of sp³-hybridized carbons (Fsp3) is 0.321. The van der Waals surface area contributed by atoms with E-state index in [2.05, 4.69) is 11.0 Å². The van der Waals surface area contributed by atoms with E-state index >= 15 is 0 Å². The van der Waals surface area contributed by atoms with Gasteiger partial charge in [0.25, 0.3) is 0 Å². The molecule has 3 aliphatic heterocycles. The number of carbonyl (C=O) groups is 1. The first-order valence-electron chi connectivity index (χ1n) is 12.4. The van der Waals surface area contributed by atoms with Crippen LogP contribution in [0.1, 0.15) is 22.9 Å². The number of aliphatic imine (C=N–C) groups is 1. The number of carbonyl (C=O) groups excluding carboxylic acids is 1. The van der Waals surface area contributed by atoms with Crippen molar-refractivity contribution in [1.82, 2.24) is 9.88 Å². The lowest BCUT2D eigenvalue weighted by atomic mass is 10.0. The highest BCUT2D eigenvalue weighted by atomic mass is 16.5. The zero-order valence-corrected chi connectivity index (χ0v) is 21.0. The number of hydrogen-bond acceptors (Lipinski definition) is 7. The van der Waals surface area contributed by atoms with E-state index in [9.17, 15) is 4.79 Å². The number of fused-ring (bicyclic) bond motifs is 3. The monoisotopic (exact) mass is 499 g/mol. The Morgan fingerprint density at radius 2 is 1.73 bits per heavy atom. The van der Waals surface area contributed by atoms with Gasteiger partial charge in [-0.1, -0.05) is 30.3 Å². The van der Waals surface area contributed by atoms with Crippen molar-refractivity contribution < 1.29 is 19.0 Å². The lowest BCUT2D eigenvalue weighted by Gasteiger charge is -2.38. The SMILES string of the molecule is COc1cc(CN2C(=O)N3C(=NCC3c3ccccc3)c3ncc(N4CCOCC4)cc32)cc(OC)c1. The van der Waals surface area contributed by atoms with Gasteiger partial charge in [0.15, 0.2) is 5.84 Å². The lowest BCUT2D eigenvalue weighted by Crippen LogP contribution is -2.51. The van der Waals surface area contributed by atoms with Gasteiger partial charge in [0.1, 0.15) is 17.2 Å². The number of rotatable bonds is 6. The summed E-state index contributed by atoms with van der Waals surface area (Å²) in [5.41, 5.74) is 4.37. The standard InChI is InChI=1S/C28H29N5O4/c1-35-22-12-19(13-23(15-22)36-2)18-32-24-14-21(31-8-10-37-11-9-31)16-29-26(24)27-30-17-25(33(27)28(32)34)20-6-4-3-5-7-20/h3-7,12-16,25H,8-11,17-18H2,1-2H3. The van der Waals surface area contributed by atoms with E-state index in [0.29, 0.717) is 49.3 Å². The topological polar surface area (TPSA) is 79.7 Å². The number of methoxy groups -OCH3 is 2. The Bertz CT molecular complexity index is 1320. The molecular weight excluding hydrogens is 470 g/mol. The number of pyridine rings is 1. The van der Waals surface area contributed by atoms with E-state index in [1.54, 1.807) is 24.0 Å². The van der Waals surface area contributed by atoms with Crippen molar-refractivity contribution in [3.63, 3.8) is 0 Å². The van der Waals surface area contributed by atoms with Crippen LogP contribution in [0.2, 0.25) is 0 Å². The van der Waals surface area contributed by atoms with Crippen LogP contribution in [0, 0.1) is 0 Å². The minimum atomic E-state index is -0.181. The van der Waals surface area contributed by atoms with E-state index in [0.717, 1.165) is 35.6 Å². The molecule has 4 heterocycles. The third-order valence-electron chi connectivity index (χ3n) is 7.06. The number of urea groups is 1. The van der Waals surface area contributed by atoms with Crippen LogP contribution in [0.3, 0.4) is 0 Å². The molecule has 3 aromatic rings. The lowest BCUT2D eigenvalue weighted by molar-refractivity contribution is 0.122. The number of amidine groups is 1. The molecule has 0 spiro atoms. The Morgan fingerprint density at radius 3 is 2.43 bits per heavy atom. The largest absolute Gasteiger partial charge is 0.497 e. The average Bonchev–Trinajstić information content (AvgIpc) is 3.41. The molecule has 190 valence electrons. The summed E-state index contributed by atoms with van der Waals surface area (Å²) in [6.07, 6.45) is 1.88. The van der Waals surface area contributed by atoms with Crippen molar-refractivity contribution in [2.24, 2.45) is 4.99 Å². The number of aromatic nitrogens is 1. The van der Waals surface area contributed by atoms with Gasteiger partial charge < -0.3 is 19.1 Å². The van der Waals surface area contributed by atoms with Crippen molar-refractivity contribution >= 4 is 23.2 Å². The molecule has 1 fully saturated rings. The van der Waals surface area contributed by atoms with Crippen LogP contribution in [0.5, 0.6) is 11.5 Å². The van der Waals surface area contributed by atoms with Crippen LogP contribution >= 0.6 is 0 Å². The molecule has 9 nitrogen and oxygen atoms in total. The van der Waals surface area contributed by atoms with Gasteiger partial charge in [-0.3, -0.25) is 14.8 Å². The second-order valence-corrected chi connectivity index (χ2v) is 9.21. The van der Waals surface area contributed by atoms with Crippen molar-refractivity contribution in [3.8, 4) is 11.5 Å². The molecule has 2 amide bonds. The molecule has 0 N–H and O–H groups in total. The molecular formula is C28H29N5O4. The Hall–Kier alpha value is -4.11. The van der Waals surface area contributed by atoms with E-state index in [4.69, 9.17) is 24.2 Å². The van der Waals surface area contributed by atoms with E-state index in [1.807, 2.05) is 54.7 Å². The second kappa shape index (κ2) is 9.74. The molecule has 1 unspecified atom stereocenters. The highest BCUT2D eigenvalue weighted by molar-refractivity contribution is 6.19. The first kappa shape index (κ1) is 23.3. The summed E-state index contributed by atoms with van der Waals surface area (Å²) in [7, 11) is 3.24.